The van der Waals surface area contributed by atoms with Crippen LogP contribution in [0.2, 0.25) is 0 Å². The first kappa shape index (κ1) is 22.7. The van der Waals surface area contributed by atoms with E-state index in [0.717, 1.165) is 42.4 Å². The number of nitrogens with two attached hydrogens (primary N) is 1. The van der Waals surface area contributed by atoms with Crippen molar-refractivity contribution in [3.8, 4) is 11.5 Å². The van der Waals surface area contributed by atoms with Crippen molar-refractivity contribution in [1.82, 2.24) is 4.90 Å². The summed E-state index contributed by atoms with van der Waals surface area (Å²) in [5, 5.41) is 0. The lowest BCUT2D eigenvalue weighted by atomic mass is 9.93. The number of benzene rings is 2. The molecule has 1 aliphatic rings. The minimum Gasteiger partial charge on any atom is -0.493 e. The van der Waals surface area contributed by atoms with Crippen LogP contribution in [-0.4, -0.2) is 36.5 Å². The van der Waals surface area contributed by atoms with E-state index in [0.29, 0.717) is 18.0 Å². The standard InChI is InChI=1S/C25H32N2O4/c1-17-9-11-20(13-18(17)2)25(29)27(21-7-5-4-6-8-21)15-19-10-12-22(23(14-19)30-3)31-16-24(26)28/h9-14,21H,4-8,15-16H2,1-3H3,(H2,26,28). The second kappa shape index (κ2) is 10.3. The molecule has 0 atom stereocenters. The average Bonchev–Trinajstić information content (AvgIpc) is 2.78. The maximum atomic E-state index is 13.5. The third kappa shape index (κ3) is 5.78. The van der Waals surface area contributed by atoms with Crippen molar-refractivity contribution in [2.45, 2.75) is 58.5 Å². The molecule has 0 aliphatic heterocycles. The lowest BCUT2D eigenvalue weighted by Crippen LogP contribution is -2.41. The molecule has 1 saturated carbocycles. The van der Waals surface area contributed by atoms with E-state index in [1.807, 2.05) is 42.2 Å². The lowest BCUT2D eigenvalue weighted by Gasteiger charge is -2.35. The molecule has 0 aromatic heterocycles. The minimum absolute atomic E-state index is 0.0584. The maximum absolute atomic E-state index is 13.5. The normalized spacial score (nSPS) is 14.2. The van der Waals surface area contributed by atoms with Crippen molar-refractivity contribution >= 4 is 11.8 Å². The van der Waals surface area contributed by atoms with E-state index in [9.17, 15) is 9.59 Å². The van der Waals surface area contributed by atoms with Crippen LogP contribution in [0.4, 0.5) is 0 Å². The Hall–Kier alpha value is -3.02. The molecule has 166 valence electrons. The van der Waals surface area contributed by atoms with Crippen molar-refractivity contribution < 1.29 is 19.1 Å². The van der Waals surface area contributed by atoms with E-state index < -0.39 is 5.91 Å². The van der Waals surface area contributed by atoms with E-state index >= 15 is 0 Å². The fourth-order valence-electron chi connectivity index (χ4n) is 4.07. The molecule has 0 radical (unpaired) electrons. The molecule has 2 amide bonds. The highest BCUT2D eigenvalue weighted by Crippen LogP contribution is 2.31. The SMILES string of the molecule is COc1cc(CN(C(=O)c2ccc(C)c(C)c2)C2CCCCC2)ccc1OCC(N)=O. The smallest absolute Gasteiger partial charge is 0.255 e. The van der Waals surface area contributed by atoms with Crippen LogP contribution in [0.15, 0.2) is 36.4 Å². The topological polar surface area (TPSA) is 81.9 Å². The van der Waals surface area contributed by atoms with Crippen LogP contribution in [0.25, 0.3) is 0 Å². The van der Waals surface area contributed by atoms with Crippen LogP contribution in [-0.2, 0) is 11.3 Å². The maximum Gasteiger partial charge on any atom is 0.255 e. The van der Waals surface area contributed by atoms with Gasteiger partial charge in [0.1, 0.15) is 0 Å². The summed E-state index contributed by atoms with van der Waals surface area (Å²) in [7, 11) is 1.55. The zero-order valence-electron chi connectivity index (χ0n) is 18.6. The van der Waals surface area contributed by atoms with Gasteiger partial charge in [-0.25, -0.2) is 0 Å². The van der Waals surface area contributed by atoms with Crippen molar-refractivity contribution in [2.24, 2.45) is 5.73 Å². The minimum atomic E-state index is -0.548. The van der Waals surface area contributed by atoms with Gasteiger partial charge in [-0.3, -0.25) is 9.59 Å². The van der Waals surface area contributed by atoms with Crippen molar-refractivity contribution in [2.75, 3.05) is 13.7 Å². The first-order valence-electron chi connectivity index (χ1n) is 10.8. The van der Waals surface area contributed by atoms with Crippen molar-refractivity contribution in [3.05, 3.63) is 58.7 Å². The molecular formula is C25H32N2O4. The summed E-state index contributed by atoms with van der Waals surface area (Å²) < 4.78 is 10.9. The molecule has 2 aromatic carbocycles. The predicted molar refractivity (Wildman–Crippen MR) is 120 cm³/mol. The van der Waals surface area contributed by atoms with Gasteiger partial charge in [-0.05, 0) is 67.6 Å². The van der Waals surface area contributed by atoms with Gasteiger partial charge in [0.25, 0.3) is 11.8 Å². The monoisotopic (exact) mass is 424 g/mol. The summed E-state index contributed by atoms with van der Waals surface area (Å²) in [5.74, 6) is 0.479. The lowest BCUT2D eigenvalue weighted by molar-refractivity contribution is -0.119. The highest BCUT2D eigenvalue weighted by Gasteiger charge is 2.27. The number of methoxy groups -OCH3 is 1. The van der Waals surface area contributed by atoms with Gasteiger partial charge in [0.15, 0.2) is 18.1 Å². The van der Waals surface area contributed by atoms with Crippen LogP contribution in [0.1, 0.15) is 59.2 Å². The number of hydrogen-bond acceptors (Lipinski definition) is 4. The molecule has 0 heterocycles. The largest absolute Gasteiger partial charge is 0.493 e. The van der Waals surface area contributed by atoms with Crippen LogP contribution in [0, 0.1) is 13.8 Å². The zero-order chi connectivity index (χ0) is 22.4. The molecule has 0 spiro atoms. The van der Waals surface area contributed by atoms with Crippen LogP contribution in [0.5, 0.6) is 11.5 Å². The van der Waals surface area contributed by atoms with Crippen LogP contribution in [0.3, 0.4) is 0 Å². The molecule has 6 heteroatoms. The highest BCUT2D eigenvalue weighted by molar-refractivity contribution is 5.94. The molecular weight excluding hydrogens is 392 g/mol. The van der Waals surface area contributed by atoms with Gasteiger partial charge in [0, 0.05) is 18.2 Å². The van der Waals surface area contributed by atoms with Gasteiger partial charge in [-0.1, -0.05) is 31.4 Å². The summed E-state index contributed by atoms with van der Waals surface area (Å²) in [6, 6.07) is 11.7. The fraction of sp³-hybridized carbons (Fsp3) is 0.440. The Morgan fingerprint density at radius 2 is 1.74 bits per heavy atom. The van der Waals surface area contributed by atoms with Crippen LogP contribution < -0.4 is 15.2 Å². The molecule has 1 fully saturated rings. The Morgan fingerprint density at radius 1 is 1.00 bits per heavy atom. The fourth-order valence-corrected chi connectivity index (χ4v) is 4.07. The summed E-state index contributed by atoms with van der Waals surface area (Å²) in [4.78, 5) is 26.6. The first-order chi connectivity index (χ1) is 14.9. The van der Waals surface area contributed by atoms with Gasteiger partial charge in [0.05, 0.1) is 7.11 Å². The van der Waals surface area contributed by atoms with Gasteiger partial charge in [-0.15, -0.1) is 0 Å². The number of amides is 2. The second-order valence-electron chi connectivity index (χ2n) is 8.26. The predicted octanol–water partition coefficient (Wildman–Crippen LogP) is 4.15. The number of ether oxygens (including phenoxy) is 2. The first-order valence-corrected chi connectivity index (χ1v) is 10.8. The zero-order valence-corrected chi connectivity index (χ0v) is 18.6. The molecule has 2 aromatic rings. The van der Waals surface area contributed by atoms with Gasteiger partial charge in [-0.2, -0.15) is 0 Å². The van der Waals surface area contributed by atoms with Gasteiger partial charge in [0.2, 0.25) is 0 Å². The van der Waals surface area contributed by atoms with E-state index in [2.05, 4.69) is 6.92 Å². The molecule has 31 heavy (non-hydrogen) atoms. The Morgan fingerprint density at radius 3 is 2.39 bits per heavy atom. The molecule has 1 aliphatic carbocycles. The van der Waals surface area contributed by atoms with Crippen LogP contribution >= 0.6 is 0 Å². The summed E-state index contributed by atoms with van der Waals surface area (Å²) in [6.07, 6.45) is 5.55. The molecule has 3 rings (SSSR count). The average molecular weight is 425 g/mol. The van der Waals surface area contributed by atoms with Crippen molar-refractivity contribution in [3.63, 3.8) is 0 Å². The van der Waals surface area contributed by atoms with E-state index in [-0.39, 0.29) is 18.6 Å². The van der Waals surface area contributed by atoms with Gasteiger partial charge >= 0.3 is 0 Å². The molecule has 2 N–H and O–H groups in total. The number of primary amides is 1. The van der Waals surface area contributed by atoms with Gasteiger partial charge < -0.3 is 20.1 Å². The number of aryl methyl sites for hydroxylation is 2. The number of carbonyl (C=O) groups excluding carboxylic acids is 2. The Labute approximate surface area is 184 Å². The number of nitrogens with zero attached hydrogens (tertiary/aromatic N) is 1. The third-order valence-electron chi connectivity index (χ3n) is 5.98. The highest BCUT2D eigenvalue weighted by atomic mass is 16.5. The molecule has 0 unspecified atom stereocenters. The summed E-state index contributed by atoms with van der Waals surface area (Å²) in [6.45, 7) is 4.36. The van der Waals surface area contributed by atoms with E-state index in [1.165, 1.54) is 12.0 Å². The van der Waals surface area contributed by atoms with E-state index in [4.69, 9.17) is 15.2 Å². The number of carbonyl (C=O) groups is 2. The Bertz CT molecular complexity index is 935. The van der Waals surface area contributed by atoms with Crippen molar-refractivity contribution in [1.29, 1.82) is 0 Å². The summed E-state index contributed by atoms with van der Waals surface area (Å²) >= 11 is 0. The molecule has 6 nitrogen and oxygen atoms in total. The molecule has 0 bridgehead atoms. The quantitative estimate of drug-likeness (QED) is 0.690. The molecule has 0 saturated heterocycles. The second-order valence-corrected chi connectivity index (χ2v) is 8.26. The third-order valence-corrected chi connectivity index (χ3v) is 5.98. The number of hydrogen-bond donors (Lipinski definition) is 1. The Balaban J connectivity index is 1.86. The van der Waals surface area contributed by atoms with E-state index in [1.54, 1.807) is 13.2 Å². The number of rotatable bonds is 8. The summed E-state index contributed by atoms with van der Waals surface area (Å²) in [5.41, 5.74) is 9.14. The Kier molecular flexibility index (Phi) is 7.55.